The molecule has 7 rings (SSSR count). The van der Waals surface area contributed by atoms with E-state index in [1.54, 1.807) is 10.8 Å². The molecule has 5 aromatic rings. The summed E-state index contributed by atoms with van der Waals surface area (Å²) in [6.07, 6.45) is 8.48. The third-order valence-corrected chi connectivity index (χ3v) is 8.14. The van der Waals surface area contributed by atoms with Crippen LogP contribution in [0.3, 0.4) is 0 Å². The number of aromatic nitrogens is 6. The molecule has 200 valence electrons. The Morgan fingerprint density at radius 1 is 1.07 bits per heavy atom. The average molecular weight is 533 g/mol. The molecule has 2 aliphatic rings. The van der Waals surface area contributed by atoms with Crippen molar-refractivity contribution in [3.8, 4) is 11.5 Å². The van der Waals surface area contributed by atoms with E-state index in [1.807, 2.05) is 54.4 Å². The second-order valence-corrected chi connectivity index (χ2v) is 10.5. The van der Waals surface area contributed by atoms with Crippen LogP contribution in [0.1, 0.15) is 30.0 Å². The smallest absolute Gasteiger partial charge is 0.245 e. The van der Waals surface area contributed by atoms with Gasteiger partial charge in [-0.25, -0.2) is 24.5 Å². The maximum absolute atomic E-state index is 12.2. The van der Waals surface area contributed by atoms with Gasteiger partial charge in [-0.2, -0.15) is 5.10 Å². The highest BCUT2D eigenvalue weighted by Crippen LogP contribution is 2.47. The first-order valence-corrected chi connectivity index (χ1v) is 13.4. The number of fused-ring (bicyclic) bond motifs is 3. The zero-order valence-electron chi connectivity index (χ0n) is 22.1. The molecule has 1 N–H and O–H groups in total. The Hall–Kier alpha value is -4.86. The number of benzene rings is 1. The molecule has 1 aliphatic heterocycles. The van der Waals surface area contributed by atoms with Crippen molar-refractivity contribution in [3.63, 3.8) is 0 Å². The van der Waals surface area contributed by atoms with Gasteiger partial charge in [0.05, 0.1) is 5.52 Å². The predicted octanol–water partition coefficient (Wildman–Crippen LogP) is 5.05. The van der Waals surface area contributed by atoms with Crippen LogP contribution in [0.2, 0.25) is 0 Å². The molecule has 5 heterocycles. The monoisotopic (exact) mass is 532 g/mol. The Morgan fingerprint density at radius 2 is 2.00 bits per heavy atom. The fraction of sp³-hybridized carbons (Fsp3) is 0.267. The highest BCUT2D eigenvalue weighted by molar-refractivity contribution is 5.88. The lowest BCUT2D eigenvalue weighted by molar-refractivity contribution is -0.125. The van der Waals surface area contributed by atoms with E-state index >= 15 is 0 Å². The quantitative estimate of drug-likeness (QED) is 0.303. The summed E-state index contributed by atoms with van der Waals surface area (Å²) in [5.41, 5.74) is 5.12. The van der Waals surface area contributed by atoms with E-state index < -0.39 is 0 Å². The molecule has 0 bridgehead atoms. The van der Waals surface area contributed by atoms with Gasteiger partial charge in [-0.15, -0.1) is 0 Å². The number of nitrogens with zero attached hydrogens (tertiary/aromatic N) is 7. The summed E-state index contributed by atoms with van der Waals surface area (Å²) in [7, 11) is 0. The molecule has 0 radical (unpaired) electrons. The van der Waals surface area contributed by atoms with Crippen molar-refractivity contribution in [1.29, 1.82) is 0 Å². The zero-order valence-corrected chi connectivity index (χ0v) is 22.1. The van der Waals surface area contributed by atoms with E-state index in [1.165, 1.54) is 12.4 Å². The largest absolute Gasteiger partial charge is 0.457 e. The summed E-state index contributed by atoms with van der Waals surface area (Å²) in [6.45, 7) is 7.23. The molecule has 1 aromatic carbocycles. The number of hydrogen-bond acceptors (Lipinski definition) is 8. The highest BCUT2D eigenvalue weighted by Gasteiger charge is 2.44. The van der Waals surface area contributed by atoms with Crippen LogP contribution < -0.4 is 10.1 Å². The van der Waals surface area contributed by atoms with Crippen LogP contribution in [0.5, 0.6) is 11.5 Å². The van der Waals surface area contributed by atoms with Crippen LogP contribution in [-0.4, -0.2) is 53.4 Å². The molecular weight excluding hydrogens is 504 g/mol. The van der Waals surface area contributed by atoms with Crippen LogP contribution in [0.15, 0.2) is 74.0 Å². The second kappa shape index (κ2) is 9.71. The number of rotatable bonds is 6. The summed E-state index contributed by atoms with van der Waals surface area (Å²) in [5.74, 6) is 3.34. The maximum Gasteiger partial charge on any atom is 0.245 e. The summed E-state index contributed by atoms with van der Waals surface area (Å²) < 4.78 is 7.81. The van der Waals surface area contributed by atoms with Crippen LogP contribution in [-0.2, 0) is 4.79 Å². The van der Waals surface area contributed by atoms with E-state index in [4.69, 9.17) is 9.72 Å². The Kier molecular flexibility index (Phi) is 5.87. The van der Waals surface area contributed by atoms with Gasteiger partial charge in [0.1, 0.15) is 29.7 Å². The number of likely N-dealkylation sites (tertiary alicyclic amines) is 1. The molecule has 0 spiro atoms. The third-order valence-electron chi connectivity index (χ3n) is 8.14. The normalized spacial score (nSPS) is 20.1. The molecule has 1 saturated carbocycles. The van der Waals surface area contributed by atoms with Crippen LogP contribution in [0.4, 0.5) is 11.5 Å². The van der Waals surface area contributed by atoms with E-state index in [0.29, 0.717) is 29.3 Å². The standard InChI is InChI=1S/C30H28N8O2/c1-3-28(39)37-14-19-4-6-22(23(19)15-37)24-7-8-25-29(36-24)30(33-16-31-25)35-20-5-9-26(18(2)12-20)40-21-10-11-38-27(13-21)32-17-34-38/h3,5,7-13,16-17,19,22-23H,1,4,6,14-15H2,2H3,(H,31,33,35)/t19-,22+,23+/m1/s1. The van der Waals surface area contributed by atoms with Crippen LogP contribution in [0, 0.1) is 18.8 Å². The highest BCUT2D eigenvalue weighted by atomic mass is 16.5. The predicted molar refractivity (Wildman–Crippen MR) is 151 cm³/mol. The molecule has 10 nitrogen and oxygen atoms in total. The zero-order chi connectivity index (χ0) is 27.2. The number of hydrogen-bond donors (Lipinski definition) is 1. The van der Waals surface area contributed by atoms with Gasteiger partial charge in [0.25, 0.3) is 0 Å². The molecule has 1 amide bonds. The van der Waals surface area contributed by atoms with E-state index in [2.05, 4.69) is 38.0 Å². The topological polar surface area (TPSA) is 110 Å². The number of ether oxygens (including phenoxy) is 1. The summed E-state index contributed by atoms with van der Waals surface area (Å²) in [6, 6.07) is 13.7. The second-order valence-electron chi connectivity index (χ2n) is 10.5. The number of pyridine rings is 2. The number of aryl methyl sites for hydroxylation is 1. The van der Waals surface area contributed by atoms with Crippen molar-refractivity contribution < 1.29 is 9.53 Å². The molecule has 2 fully saturated rings. The SMILES string of the molecule is C=CC(=O)N1C[C@H]2CC[C@H](c3ccc4ncnc(Nc5ccc(Oc6ccn7ncnc7c6)c(C)c5)c4n3)[C@H]2C1. The first-order valence-electron chi connectivity index (χ1n) is 13.4. The number of amides is 1. The first-order chi connectivity index (χ1) is 19.6. The van der Waals surface area contributed by atoms with Crippen molar-refractivity contribution in [2.75, 3.05) is 18.4 Å². The molecule has 3 atom stereocenters. The number of carbonyl (C=O) groups is 1. The molecule has 1 aliphatic carbocycles. The lowest BCUT2D eigenvalue weighted by atomic mass is 9.89. The van der Waals surface area contributed by atoms with Crippen molar-refractivity contribution in [3.05, 3.63) is 85.2 Å². The maximum atomic E-state index is 12.2. The van der Waals surface area contributed by atoms with Crippen molar-refractivity contribution >= 4 is 34.1 Å². The van der Waals surface area contributed by atoms with E-state index in [9.17, 15) is 4.79 Å². The van der Waals surface area contributed by atoms with E-state index in [-0.39, 0.29) is 5.91 Å². The minimum atomic E-state index is 0.0163. The fourth-order valence-corrected chi connectivity index (χ4v) is 6.16. The van der Waals surface area contributed by atoms with Crippen molar-refractivity contribution in [2.24, 2.45) is 11.8 Å². The summed E-state index contributed by atoms with van der Waals surface area (Å²) in [5, 5.41) is 7.56. The molecule has 1 saturated heterocycles. The van der Waals surface area contributed by atoms with Gasteiger partial charge in [-0.3, -0.25) is 4.79 Å². The van der Waals surface area contributed by atoms with Gasteiger partial charge in [0.2, 0.25) is 5.91 Å². The fourth-order valence-electron chi connectivity index (χ4n) is 6.16. The summed E-state index contributed by atoms with van der Waals surface area (Å²) in [4.78, 5) is 32.4. The Labute approximate surface area is 230 Å². The minimum Gasteiger partial charge on any atom is -0.457 e. The Morgan fingerprint density at radius 3 is 2.88 bits per heavy atom. The van der Waals surface area contributed by atoms with Gasteiger partial charge in [0, 0.05) is 42.7 Å². The minimum absolute atomic E-state index is 0.0163. The van der Waals surface area contributed by atoms with Gasteiger partial charge in [0.15, 0.2) is 11.5 Å². The Balaban J connectivity index is 1.13. The molecule has 10 heteroatoms. The van der Waals surface area contributed by atoms with Gasteiger partial charge in [-0.1, -0.05) is 6.58 Å². The van der Waals surface area contributed by atoms with Gasteiger partial charge in [-0.05, 0) is 79.6 Å². The van der Waals surface area contributed by atoms with Crippen molar-refractivity contribution in [1.82, 2.24) is 34.4 Å². The molecule has 4 aromatic heterocycles. The summed E-state index contributed by atoms with van der Waals surface area (Å²) >= 11 is 0. The van der Waals surface area contributed by atoms with E-state index in [0.717, 1.165) is 65.3 Å². The number of nitrogens with one attached hydrogen (secondary N) is 1. The molecule has 40 heavy (non-hydrogen) atoms. The Bertz CT molecular complexity index is 1770. The number of carbonyl (C=O) groups excluding carboxylic acids is 1. The number of anilines is 2. The lowest BCUT2D eigenvalue weighted by Gasteiger charge is -2.20. The first kappa shape index (κ1) is 24.2. The van der Waals surface area contributed by atoms with Crippen LogP contribution >= 0.6 is 0 Å². The molecular formula is C30H28N8O2. The lowest BCUT2D eigenvalue weighted by Crippen LogP contribution is -2.28. The van der Waals surface area contributed by atoms with Crippen molar-refractivity contribution in [2.45, 2.75) is 25.7 Å². The third kappa shape index (κ3) is 4.31. The van der Waals surface area contributed by atoms with Gasteiger partial charge < -0.3 is 15.0 Å². The van der Waals surface area contributed by atoms with Crippen LogP contribution in [0.25, 0.3) is 16.7 Å². The molecule has 0 unspecified atom stereocenters. The average Bonchev–Trinajstić information content (AvgIpc) is 3.70. The van der Waals surface area contributed by atoms with Gasteiger partial charge >= 0.3 is 0 Å².